The molecule has 0 aliphatic carbocycles. The number of rotatable bonds is 3. The Kier molecular flexibility index (Phi) is 3.90. The van der Waals surface area contributed by atoms with E-state index in [1.807, 2.05) is 6.92 Å². The maximum absolute atomic E-state index is 12.8. The number of nitriles is 1. The summed E-state index contributed by atoms with van der Waals surface area (Å²) in [5.74, 6) is -0.345. The standard InChI is InChI=1S/C10H10BrFN2/c1-7(5-13)6-14-8-2-3-10(12)9(11)4-8/h2-4,7,14H,6H2,1H3. The number of nitrogens with zero attached hydrogens (tertiary/aromatic N) is 1. The van der Waals surface area contributed by atoms with Gasteiger partial charge in [0.05, 0.1) is 16.5 Å². The lowest BCUT2D eigenvalue weighted by Crippen LogP contribution is -2.09. The second kappa shape index (κ2) is 4.97. The molecule has 1 unspecified atom stereocenters. The van der Waals surface area contributed by atoms with Crippen LogP contribution in [0.5, 0.6) is 0 Å². The molecule has 1 aromatic rings. The SMILES string of the molecule is CC(C#N)CNc1ccc(F)c(Br)c1. The molecule has 0 aromatic heterocycles. The van der Waals surface area contributed by atoms with Crippen molar-refractivity contribution in [3.63, 3.8) is 0 Å². The molecule has 14 heavy (non-hydrogen) atoms. The summed E-state index contributed by atoms with van der Waals surface area (Å²) in [6, 6.07) is 6.79. The van der Waals surface area contributed by atoms with Gasteiger partial charge in [-0.15, -0.1) is 0 Å². The number of nitrogens with one attached hydrogen (secondary N) is 1. The van der Waals surface area contributed by atoms with E-state index >= 15 is 0 Å². The number of anilines is 1. The van der Waals surface area contributed by atoms with Gasteiger partial charge < -0.3 is 5.32 Å². The van der Waals surface area contributed by atoms with Crippen LogP contribution in [0.2, 0.25) is 0 Å². The maximum atomic E-state index is 12.8. The Balaban J connectivity index is 2.61. The topological polar surface area (TPSA) is 35.8 Å². The molecule has 2 nitrogen and oxygen atoms in total. The molecule has 0 heterocycles. The first kappa shape index (κ1) is 11.0. The third-order valence-corrected chi connectivity index (χ3v) is 2.36. The molecule has 1 atom stereocenters. The zero-order chi connectivity index (χ0) is 10.6. The van der Waals surface area contributed by atoms with E-state index in [1.165, 1.54) is 6.07 Å². The van der Waals surface area contributed by atoms with Crippen LogP contribution in [0, 0.1) is 23.1 Å². The molecule has 4 heteroatoms. The zero-order valence-electron chi connectivity index (χ0n) is 7.72. The predicted molar refractivity (Wildman–Crippen MR) is 57.4 cm³/mol. The van der Waals surface area contributed by atoms with Crippen molar-refractivity contribution < 1.29 is 4.39 Å². The van der Waals surface area contributed by atoms with Crippen molar-refractivity contribution >= 4 is 21.6 Å². The van der Waals surface area contributed by atoms with Gasteiger partial charge in [0.1, 0.15) is 5.82 Å². The van der Waals surface area contributed by atoms with Gasteiger partial charge in [-0.1, -0.05) is 0 Å². The van der Waals surface area contributed by atoms with Crippen molar-refractivity contribution in [2.75, 3.05) is 11.9 Å². The summed E-state index contributed by atoms with van der Waals surface area (Å²) in [7, 11) is 0. The molecule has 0 aliphatic rings. The first-order chi connectivity index (χ1) is 6.63. The molecule has 74 valence electrons. The fourth-order valence-corrected chi connectivity index (χ4v) is 1.30. The van der Waals surface area contributed by atoms with Crippen molar-refractivity contribution in [3.05, 3.63) is 28.5 Å². The van der Waals surface area contributed by atoms with Crippen molar-refractivity contribution in [1.82, 2.24) is 0 Å². The number of hydrogen-bond acceptors (Lipinski definition) is 2. The summed E-state index contributed by atoms with van der Waals surface area (Å²) in [4.78, 5) is 0. The molecule has 0 fully saturated rings. The van der Waals surface area contributed by atoms with Crippen molar-refractivity contribution in [2.45, 2.75) is 6.92 Å². The molecule has 1 aromatic carbocycles. The fraction of sp³-hybridized carbons (Fsp3) is 0.300. The molecule has 0 bridgehead atoms. The first-order valence-corrected chi connectivity index (χ1v) is 5.01. The lowest BCUT2D eigenvalue weighted by atomic mass is 10.2. The molecular weight excluding hydrogens is 247 g/mol. The van der Waals surface area contributed by atoms with E-state index in [-0.39, 0.29) is 11.7 Å². The third kappa shape index (κ3) is 3.00. The first-order valence-electron chi connectivity index (χ1n) is 4.22. The normalized spacial score (nSPS) is 11.9. The van der Waals surface area contributed by atoms with Gasteiger partial charge in [0.2, 0.25) is 0 Å². The van der Waals surface area contributed by atoms with E-state index in [0.29, 0.717) is 11.0 Å². The minimum Gasteiger partial charge on any atom is -0.384 e. The smallest absolute Gasteiger partial charge is 0.137 e. The molecule has 0 amide bonds. The van der Waals surface area contributed by atoms with Crippen LogP contribution in [0.15, 0.2) is 22.7 Å². The Hall–Kier alpha value is -1.08. The number of halogens is 2. The van der Waals surface area contributed by atoms with Gasteiger partial charge in [-0.3, -0.25) is 0 Å². The van der Waals surface area contributed by atoms with Gasteiger partial charge in [-0.2, -0.15) is 5.26 Å². The van der Waals surface area contributed by atoms with Crippen molar-refractivity contribution in [2.24, 2.45) is 5.92 Å². The average Bonchev–Trinajstić information content (AvgIpc) is 2.19. The second-order valence-corrected chi connectivity index (χ2v) is 3.89. The monoisotopic (exact) mass is 256 g/mol. The molecule has 0 saturated heterocycles. The number of hydrogen-bond donors (Lipinski definition) is 1. The van der Waals surface area contributed by atoms with E-state index in [1.54, 1.807) is 12.1 Å². The van der Waals surface area contributed by atoms with Gasteiger partial charge in [-0.05, 0) is 41.1 Å². The van der Waals surface area contributed by atoms with E-state index < -0.39 is 0 Å². The molecular formula is C10H10BrFN2. The molecule has 1 N–H and O–H groups in total. The Bertz CT molecular complexity index is 360. The molecule has 0 aliphatic heterocycles. The van der Waals surface area contributed by atoms with Crippen molar-refractivity contribution in [1.29, 1.82) is 5.26 Å². The van der Waals surface area contributed by atoms with Crippen LogP contribution in [0.1, 0.15) is 6.92 Å². The van der Waals surface area contributed by atoms with Gasteiger partial charge in [-0.25, -0.2) is 4.39 Å². The Morgan fingerprint density at radius 2 is 2.36 bits per heavy atom. The quantitative estimate of drug-likeness (QED) is 0.902. The average molecular weight is 257 g/mol. The highest BCUT2D eigenvalue weighted by Gasteiger charge is 2.02. The van der Waals surface area contributed by atoms with E-state index in [4.69, 9.17) is 5.26 Å². The van der Waals surface area contributed by atoms with Crippen LogP contribution in [0.25, 0.3) is 0 Å². The Labute approximate surface area is 90.9 Å². The van der Waals surface area contributed by atoms with Gasteiger partial charge >= 0.3 is 0 Å². The summed E-state index contributed by atoms with van der Waals surface area (Å²) >= 11 is 3.09. The van der Waals surface area contributed by atoms with Crippen molar-refractivity contribution in [3.8, 4) is 6.07 Å². The predicted octanol–water partition coefficient (Wildman–Crippen LogP) is 3.16. The van der Waals surface area contributed by atoms with Crippen LogP contribution < -0.4 is 5.32 Å². The fourth-order valence-electron chi connectivity index (χ4n) is 0.923. The lowest BCUT2D eigenvalue weighted by Gasteiger charge is -2.07. The van der Waals surface area contributed by atoms with Crippen LogP contribution in [0.3, 0.4) is 0 Å². The Morgan fingerprint density at radius 3 is 2.93 bits per heavy atom. The van der Waals surface area contributed by atoms with Gasteiger partial charge in [0.25, 0.3) is 0 Å². The van der Waals surface area contributed by atoms with Crippen LogP contribution >= 0.6 is 15.9 Å². The molecule has 0 radical (unpaired) electrons. The van der Waals surface area contributed by atoms with E-state index in [0.717, 1.165) is 5.69 Å². The highest BCUT2D eigenvalue weighted by molar-refractivity contribution is 9.10. The summed E-state index contributed by atoms with van der Waals surface area (Å²) in [6.45, 7) is 2.39. The second-order valence-electron chi connectivity index (χ2n) is 3.04. The minimum atomic E-state index is -0.288. The van der Waals surface area contributed by atoms with Crippen LogP contribution in [0.4, 0.5) is 10.1 Å². The van der Waals surface area contributed by atoms with Crippen LogP contribution in [-0.2, 0) is 0 Å². The summed E-state index contributed by atoms with van der Waals surface area (Å²) in [6.07, 6.45) is 0. The third-order valence-electron chi connectivity index (χ3n) is 1.75. The highest BCUT2D eigenvalue weighted by atomic mass is 79.9. The van der Waals surface area contributed by atoms with E-state index in [2.05, 4.69) is 27.3 Å². The largest absolute Gasteiger partial charge is 0.384 e. The Morgan fingerprint density at radius 1 is 1.64 bits per heavy atom. The summed E-state index contributed by atoms with van der Waals surface area (Å²) in [5.41, 5.74) is 0.806. The summed E-state index contributed by atoms with van der Waals surface area (Å²) < 4.78 is 13.3. The lowest BCUT2D eigenvalue weighted by molar-refractivity contribution is 0.621. The molecule has 1 rings (SSSR count). The number of benzene rings is 1. The molecule has 0 saturated carbocycles. The van der Waals surface area contributed by atoms with Crippen LogP contribution in [-0.4, -0.2) is 6.54 Å². The summed E-state index contributed by atoms with van der Waals surface area (Å²) in [5, 5.41) is 11.6. The van der Waals surface area contributed by atoms with Gasteiger partial charge in [0.15, 0.2) is 0 Å². The zero-order valence-corrected chi connectivity index (χ0v) is 9.31. The van der Waals surface area contributed by atoms with E-state index in [9.17, 15) is 4.39 Å². The molecule has 0 spiro atoms. The highest BCUT2D eigenvalue weighted by Crippen LogP contribution is 2.19. The minimum absolute atomic E-state index is 0.0566. The van der Waals surface area contributed by atoms with Gasteiger partial charge in [0, 0.05) is 12.2 Å². The maximum Gasteiger partial charge on any atom is 0.137 e.